The van der Waals surface area contributed by atoms with Gasteiger partial charge in [-0.15, -0.1) is 0 Å². The minimum Gasteiger partial charge on any atom is -0.494 e. The topological polar surface area (TPSA) is 72.5 Å². The molecular weight excluding hydrogens is 338 g/mol. The van der Waals surface area contributed by atoms with Crippen LogP contribution in [-0.2, 0) is 9.84 Å². The number of carbonyl (C=O) groups excluding carboxylic acids is 1. The third-order valence-corrected chi connectivity index (χ3v) is 4.87. The van der Waals surface area contributed by atoms with Gasteiger partial charge in [-0.3, -0.25) is 4.79 Å². The second-order valence-corrected chi connectivity index (χ2v) is 7.92. The van der Waals surface area contributed by atoms with Gasteiger partial charge >= 0.3 is 0 Å². The average Bonchev–Trinajstić information content (AvgIpc) is 2.59. The van der Waals surface area contributed by atoms with Gasteiger partial charge in [-0.2, -0.15) is 0 Å². The van der Waals surface area contributed by atoms with E-state index >= 15 is 0 Å². The summed E-state index contributed by atoms with van der Waals surface area (Å²) in [5, 5.41) is 2.90. The number of carbonyl (C=O) groups is 1. The van der Waals surface area contributed by atoms with Crippen LogP contribution in [-0.4, -0.2) is 27.2 Å². The number of benzene rings is 2. The normalized spacial score (nSPS) is 12.4. The lowest BCUT2D eigenvalue weighted by atomic mass is 10.1. The van der Waals surface area contributed by atoms with Crippen molar-refractivity contribution < 1.29 is 17.9 Å². The Morgan fingerprint density at radius 1 is 1.08 bits per heavy atom. The van der Waals surface area contributed by atoms with E-state index in [4.69, 9.17) is 4.74 Å². The monoisotopic (exact) mass is 361 g/mol. The van der Waals surface area contributed by atoms with Crippen LogP contribution in [0.5, 0.6) is 5.75 Å². The highest BCUT2D eigenvalue weighted by Gasteiger charge is 2.13. The van der Waals surface area contributed by atoms with Gasteiger partial charge in [-0.1, -0.05) is 19.1 Å². The molecule has 0 aliphatic heterocycles. The molecule has 2 aromatic rings. The van der Waals surface area contributed by atoms with Crippen LogP contribution in [0.3, 0.4) is 0 Å². The molecule has 6 heteroatoms. The van der Waals surface area contributed by atoms with Gasteiger partial charge in [-0.25, -0.2) is 8.42 Å². The molecule has 0 bridgehead atoms. The Kier molecular flexibility index (Phi) is 6.20. The first-order valence-corrected chi connectivity index (χ1v) is 10.0. The third kappa shape index (κ3) is 5.32. The van der Waals surface area contributed by atoms with Gasteiger partial charge in [0.15, 0.2) is 9.84 Å². The van der Waals surface area contributed by atoms with Crippen LogP contribution in [0.15, 0.2) is 53.4 Å². The van der Waals surface area contributed by atoms with Crippen molar-refractivity contribution >= 4 is 15.7 Å². The fourth-order valence-corrected chi connectivity index (χ4v) is 2.92. The van der Waals surface area contributed by atoms with Crippen LogP contribution in [0.25, 0.3) is 0 Å². The van der Waals surface area contributed by atoms with Gasteiger partial charge in [0.25, 0.3) is 5.91 Å². The van der Waals surface area contributed by atoms with E-state index in [1.165, 1.54) is 6.26 Å². The van der Waals surface area contributed by atoms with Crippen molar-refractivity contribution in [3.8, 4) is 5.75 Å². The lowest BCUT2D eigenvalue weighted by Gasteiger charge is -2.15. The second-order valence-electron chi connectivity index (χ2n) is 5.91. The fourth-order valence-electron chi connectivity index (χ4n) is 2.29. The number of sulfone groups is 1. The molecule has 1 unspecified atom stereocenters. The summed E-state index contributed by atoms with van der Waals surface area (Å²) < 4.78 is 28.5. The predicted molar refractivity (Wildman–Crippen MR) is 97.7 cm³/mol. The smallest absolute Gasteiger partial charge is 0.251 e. The summed E-state index contributed by atoms with van der Waals surface area (Å²) in [6.45, 7) is 4.53. The summed E-state index contributed by atoms with van der Waals surface area (Å²) in [5.74, 6) is 0.546. The van der Waals surface area contributed by atoms with Crippen LogP contribution in [0.4, 0.5) is 0 Å². The molecule has 0 saturated carbocycles. The number of nitrogens with one attached hydrogen (secondary N) is 1. The molecule has 1 N–H and O–H groups in total. The molecule has 2 rings (SSSR count). The Morgan fingerprint density at radius 2 is 1.68 bits per heavy atom. The zero-order chi connectivity index (χ0) is 18.4. The summed E-state index contributed by atoms with van der Waals surface area (Å²) in [6, 6.07) is 13.3. The molecule has 0 aromatic heterocycles. The van der Waals surface area contributed by atoms with Crippen molar-refractivity contribution in [3.05, 3.63) is 59.7 Å². The summed E-state index contributed by atoms with van der Waals surface area (Å²) in [7, 11) is -3.22. The zero-order valence-corrected chi connectivity index (χ0v) is 15.5. The second kappa shape index (κ2) is 8.16. The summed E-state index contributed by atoms with van der Waals surface area (Å²) in [5.41, 5.74) is 1.38. The number of amides is 1. The van der Waals surface area contributed by atoms with E-state index in [2.05, 4.69) is 5.32 Å². The van der Waals surface area contributed by atoms with Crippen molar-refractivity contribution in [2.75, 3.05) is 12.9 Å². The lowest BCUT2D eigenvalue weighted by Crippen LogP contribution is -2.26. The van der Waals surface area contributed by atoms with Crippen molar-refractivity contribution in [1.29, 1.82) is 0 Å². The molecule has 0 fully saturated rings. The molecule has 0 aliphatic carbocycles. The molecular formula is C19H23NO4S. The molecule has 0 heterocycles. The Hall–Kier alpha value is -2.34. The first-order chi connectivity index (χ1) is 11.8. The summed E-state index contributed by atoms with van der Waals surface area (Å²) in [6.07, 6.45) is 2.10. The van der Waals surface area contributed by atoms with Gasteiger partial charge in [0.2, 0.25) is 0 Å². The Labute approximate surface area is 148 Å². The Balaban J connectivity index is 2.02. The van der Waals surface area contributed by atoms with Crippen LogP contribution < -0.4 is 10.1 Å². The zero-order valence-electron chi connectivity index (χ0n) is 14.7. The van der Waals surface area contributed by atoms with E-state index in [0.29, 0.717) is 12.2 Å². The molecule has 5 nitrogen and oxygen atoms in total. The molecule has 0 radical (unpaired) electrons. The van der Waals surface area contributed by atoms with Crippen LogP contribution in [0.2, 0.25) is 0 Å². The van der Waals surface area contributed by atoms with Gasteiger partial charge in [0.05, 0.1) is 17.5 Å². The van der Waals surface area contributed by atoms with Crippen molar-refractivity contribution in [2.24, 2.45) is 0 Å². The number of hydrogen-bond donors (Lipinski definition) is 1. The summed E-state index contributed by atoms with van der Waals surface area (Å²) in [4.78, 5) is 12.6. The van der Waals surface area contributed by atoms with Gasteiger partial charge in [-0.05, 0) is 55.3 Å². The van der Waals surface area contributed by atoms with E-state index in [1.807, 2.05) is 13.8 Å². The van der Waals surface area contributed by atoms with Gasteiger partial charge in [0.1, 0.15) is 5.75 Å². The molecule has 2 aromatic carbocycles. The first-order valence-electron chi connectivity index (χ1n) is 8.15. The number of ether oxygens (including phenoxy) is 1. The maximum atomic E-state index is 12.3. The maximum absolute atomic E-state index is 12.3. The fraction of sp³-hybridized carbons (Fsp3) is 0.316. The molecule has 0 spiro atoms. The van der Waals surface area contributed by atoms with Crippen LogP contribution in [0.1, 0.15) is 42.2 Å². The van der Waals surface area contributed by atoms with E-state index in [9.17, 15) is 13.2 Å². The van der Waals surface area contributed by atoms with Crippen molar-refractivity contribution in [2.45, 2.75) is 31.2 Å². The average molecular weight is 361 g/mol. The highest BCUT2D eigenvalue weighted by Crippen LogP contribution is 2.18. The quantitative estimate of drug-likeness (QED) is 0.821. The molecule has 1 amide bonds. The number of rotatable bonds is 7. The minimum atomic E-state index is -3.22. The summed E-state index contributed by atoms with van der Waals surface area (Å²) >= 11 is 0. The molecule has 0 saturated heterocycles. The number of hydrogen-bond acceptors (Lipinski definition) is 4. The highest BCUT2D eigenvalue weighted by molar-refractivity contribution is 7.90. The largest absolute Gasteiger partial charge is 0.494 e. The Morgan fingerprint density at radius 3 is 2.20 bits per heavy atom. The van der Waals surface area contributed by atoms with Gasteiger partial charge < -0.3 is 10.1 Å². The van der Waals surface area contributed by atoms with E-state index in [-0.39, 0.29) is 16.8 Å². The van der Waals surface area contributed by atoms with Crippen LogP contribution in [0, 0.1) is 0 Å². The first kappa shape index (κ1) is 19.0. The predicted octanol–water partition coefficient (Wildman–Crippen LogP) is 3.37. The molecule has 0 aliphatic rings. The van der Waals surface area contributed by atoms with E-state index in [1.54, 1.807) is 48.5 Å². The Bertz CT molecular complexity index is 812. The highest BCUT2D eigenvalue weighted by atomic mass is 32.2. The standard InChI is InChI=1S/C19H23NO4S/c1-4-13-24-17-9-5-16(6-10-17)19(21)20-14(2)15-7-11-18(12-8-15)25(3,22)23/h5-12,14H,4,13H2,1-3H3,(H,20,21). The lowest BCUT2D eigenvalue weighted by molar-refractivity contribution is 0.0940. The van der Waals surface area contributed by atoms with Gasteiger partial charge in [0, 0.05) is 11.8 Å². The third-order valence-electron chi connectivity index (χ3n) is 3.75. The SMILES string of the molecule is CCCOc1ccc(C(=O)NC(C)c2ccc(S(C)(=O)=O)cc2)cc1. The van der Waals surface area contributed by atoms with E-state index < -0.39 is 9.84 Å². The molecule has 1 atom stereocenters. The van der Waals surface area contributed by atoms with E-state index in [0.717, 1.165) is 17.7 Å². The van der Waals surface area contributed by atoms with Crippen molar-refractivity contribution in [1.82, 2.24) is 5.32 Å². The molecule has 25 heavy (non-hydrogen) atoms. The van der Waals surface area contributed by atoms with Crippen molar-refractivity contribution in [3.63, 3.8) is 0 Å². The maximum Gasteiger partial charge on any atom is 0.251 e. The van der Waals surface area contributed by atoms with Crippen LogP contribution >= 0.6 is 0 Å². The minimum absolute atomic E-state index is 0.193. The molecule has 134 valence electrons.